The van der Waals surface area contributed by atoms with Gasteiger partial charge in [0.2, 0.25) is 0 Å². The fourth-order valence-electron chi connectivity index (χ4n) is 2.50. The molecule has 21 heavy (non-hydrogen) atoms. The van der Waals surface area contributed by atoms with Crippen LogP contribution in [0.5, 0.6) is 5.75 Å². The molecule has 1 amide bonds. The number of piperidine rings is 1. The number of hydrogen-bond acceptors (Lipinski definition) is 4. The van der Waals surface area contributed by atoms with E-state index >= 15 is 0 Å². The minimum Gasteiger partial charge on any atom is -0.507 e. The maximum Gasteiger partial charge on any atom is 0.328 e. The van der Waals surface area contributed by atoms with Crippen molar-refractivity contribution in [3.8, 4) is 5.75 Å². The molecule has 114 valence electrons. The molecular weight excluding hydrogens is 277 g/mol. The average molecular weight is 295 g/mol. The third-order valence-corrected chi connectivity index (χ3v) is 3.51. The largest absolute Gasteiger partial charge is 0.507 e. The zero-order valence-corrected chi connectivity index (χ0v) is 11.8. The topological polar surface area (TPSA) is 66.8 Å². The number of ether oxygens (including phenoxy) is 1. The molecule has 1 saturated heterocycles. The Hall–Kier alpha value is -2.11. The maximum atomic E-state index is 13.0. The van der Waals surface area contributed by atoms with Crippen LogP contribution in [0.15, 0.2) is 18.2 Å². The highest BCUT2D eigenvalue weighted by atomic mass is 19.1. The summed E-state index contributed by atoms with van der Waals surface area (Å²) in [4.78, 5) is 25.8. The van der Waals surface area contributed by atoms with Crippen molar-refractivity contribution in [2.45, 2.75) is 32.2 Å². The molecule has 5 nitrogen and oxygen atoms in total. The van der Waals surface area contributed by atoms with Crippen molar-refractivity contribution in [1.29, 1.82) is 0 Å². The first kappa shape index (κ1) is 15.3. The summed E-state index contributed by atoms with van der Waals surface area (Å²) < 4.78 is 18.0. The molecule has 1 aliphatic rings. The Kier molecular flexibility index (Phi) is 4.77. The van der Waals surface area contributed by atoms with Crippen LogP contribution in [0.2, 0.25) is 0 Å². The molecule has 1 heterocycles. The van der Waals surface area contributed by atoms with Crippen molar-refractivity contribution in [2.75, 3.05) is 13.2 Å². The van der Waals surface area contributed by atoms with Gasteiger partial charge in [0.25, 0.3) is 5.91 Å². The van der Waals surface area contributed by atoms with Gasteiger partial charge < -0.3 is 14.7 Å². The number of carbonyl (C=O) groups is 2. The fraction of sp³-hybridized carbons (Fsp3) is 0.467. The van der Waals surface area contributed by atoms with Gasteiger partial charge in [0.15, 0.2) is 0 Å². The summed E-state index contributed by atoms with van der Waals surface area (Å²) in [5.41, 5.74) is -0.00685. The van der Waals surface area contributed by atoms with E-state index in [1.54, 1.807) is 6.92 Å². The Balaban J connectivity index is 2.24. The first-order valence-electron chi connectivity index (χ1n) is 7.00. The van der Waals surface area contributed by atoms with E-state index < -0.39 is 29.5 Å². The molecule has 1 atom stereocenters. The quantitative estimate of drug-likeness (QED) is 0.867. The molecule has 0 saturated carbocycles. The van der Waals surface area contributed by atoms with Crippen molar-refractivity contribution < 1.29 is 23.8 Å². The van der Waals surface area contributed by atoms with Crippen LogP contribution in [0, 0.1) is 5.82 Å². The smallest absolute Gasteiger partial charge is 0.328 e. The Morgan fingerprint density at radius 1 is 1.43 bits per heavy atom. The summed E-state index contributed by atoms with van der Waals surface area (Å²) in [7, 11) is 0. The average Bonchev–Trinajstić information content (AvgIpc) is 2.47. The lowest BCUT2D eigenvalue weighted by Crippen LogP contribution is -2.48. The molecule has 0 radical (unpaired) electrons. The van der Waals surface area contributed by atoms with Gasteiger partial charge in [0.05, 0.1) is 12.2 Å². The number of halogens is 1. The molecule has 0 aliphatic carbocycles. The second-order valence-electron chi connectivity index (χ2n) is 4.92. The van der Waals surface area contributed by atoms with Crippen LogP contribution in [0.4, 0.5) is 4.39 Å². The molecule has 0 aromatic heterocycles. The van der Waals surface area contributed by atoms with E-state index in [9.17, 15) is 19.1 Å². The monoisotopic (exact) mass is 295 g/mol. The minimum atomic E-state index is -0.643. The molecule has 1 N–H and O–H groups in total. The van der Waals surface area contributed by atoms with Crippen molar-refractivity contribution in [3.63, 3.8) is 0 Å². The Morgan fingerprint density at radius 2 is 2.19 bits per heavy atom. The predicted octanol–water partition coefficient (Wildman–Crippen LogP) is 2.09. The summed E-state index contributed by atoms with van der Waals surface area (Å²) in [5.74, 6) is -1.96. The van der Waals surface area contributed by atoms with Gasteiger partial charge in [0.1, 0.15) is 17.6 Å². The van der Waals surface area contributed by atoms with E-state index in [0.29, 0.717) is 13.0 Å². The number of benzene rings is 1. The summed E-state index contributed by atoms with van der Waals surface area (Å²) in [6.07, 6.45) is 2.15. The van der Waals surface area contributed by atoms with Crippen LogP contribution < -0.4 is 0 Å². The lowest BCUT2D eigenvalue weighted by Gasteiger charge is -2.34. The normalized spacial score (nSPS) is 18.4. The highest BCUT2D eigenvalue weighted by Gasteiger charge is 2.34. The van der Waals surface area contributed by atoms with Crippen LogP contribution in [0.25, 0.3) is 0 Å². The molecule has 0 bridgehead atoms. The fourth-order valence-corrected chi connectivity index (χ4v) is 2.50. The molecule has 1 aromatic rings. The highest BCUT2D eigenvalue weighted by molar-refractivity contribution is 5.99. The zero-order valence-electron chi connectivity index (χ0n) is 11.8. The van der Waals surface area contributed by atoms with Crippen LogP contribution in [0.3, 0.4) is 0 Å². The number of nitrogens with zero attached hydrogens (tertiary/aromatic N) is 1. The predicted molar refractivity (Wildman–Crippen MR) is 73.4 cm³/mol. The van der Waals surface area contributed by atoms with Gasteiger partial charge in [-0.05, 0) is 38.3 Å². The molecule has 0 spiro atoms. The van der Waals surface area contributed by atoms with Gasteiger partial charge >= 0.3 is 5.97 Å². The zero-order chi connectivity index (χ0) is 15.4. The maximum absolute atomic E-state index is 13.0. The summed E-state index contributed by atoms with van der Waals surface area (Å²) >= 11 is 0. The van der Waals surface area contributed by atoms with E-state index in [-0.39, 0.29) is 12.2 Å². The molecular formula is C15H18FNO4. The van der Waals surface area contributed by atoms with E-state index in [2.05, 4.69) is 0 Å². The van der Waals surface area contributed by atoms with Crippen molar-refractivity contribution in [2.24, 2.45) is 0 Å². The van der Waals surface area contributed by atoms with Crippen LogP contribution in [0.1, 0.15) is 36.5 Å². The van der Waals surface area contributed by atoms with Gasteiger partial charge in [-0.3, -0.25) is 4.79 Å². The van der Waals surface area contributed by atoms with Crippen LogP contribution in [-0.2, 0) is 9.53 Å². The number of phenolic OH excluding ortho intramolecular Hbond substituents is 1. The number of phenols is 1. The first-order chi connectivity index (χ1) is 10.0. The number of esters is 1. The number of carbonyl (C=O) groups excluding carboxylic acids is 2. The summed E-state index contributed by atoms with van der Waals surface area (Å²) in [6, 6.07) is 2.58. The third-order valence-electron chi connectivity index (χ3n) is 3.51. The van der Waals surface area contributed by atoms with Crippen molar-refractivity contribution in [1.82, 2.24) is 4.90 Å². The van der Waals surface area contributed by atoms with E-state index in [1.807, 2.05) is 0 Å². The van der Waals surface area contributed by atoms with Crippen LogP contribution in [-0.4, -0.2) is 41.1 Å². The number of likely N-dealkylation sites (tertiary alicyclic amines) is 1. The lowest BCUT2D eigenvalue weighted by atomic mass is 10.0. The standard InChI is InChI=1S/C15H18FNO4/c1-2-21-15(20)12-5-3-4-8-17(12)14(19)11-7-6-10(16)9-13(11)18/h6-7,9,12,18H,2-5,8H2,1H3. The number of hydrogen-bond donors (Lipinski definition) is 1. The highest BCUT2D eigenvalue weighted by Crippen LogP contribution is 2.25. The first-order valence-corrected chi connectivity index (χ1v) is 7.00. The summed E-state index contributed by atoms with van der Waals surface area (Å²) in [6.45, 7) is 2.37. The minimum absolute atomic E-state index is 0.00685. The second kappa shape index (κ2) is 6.56. The Morgan fingerprint density at radius 3 is 2.86 bits per heavy atom. The lowest BCUT2D eigenvalue weighted by molar-refractivity contribution is -0.149. The number of rotatable bonds is 3. The number of aromatic hydroxyl groups is 1. The van der Waals surface area contributed by atoms with Gasteiger partial charge in [-0.1, -0.05) is 0 Å². The van der Waals surface area contributed by atoms with Gasteiger partial charge in [0, 0.05) is 12.6 Å². The van der Waals surface area contributed by atoms with Gasteiger partial charge in [-0.2, -0.15) is 0 Å². The molecule has 1 aromatic carbocycles. The molecule has 1 unspecified atom stereocenters. The molecule has 1 aliphatic heterocycles. The van der Waals surface area contributed by atoms with Crippen LogP contribution >= 0.6 is 0 Å². The molecule has 2 rings (SSSR count). The van der Waals surface area contributed by atoms with Crippen molar-refractivity contribution >= 4 is 11.9 Å². The number of amides is 1. The Labute approximate surface area is 122 Å². The van der Waals surface area contributed by atoms with E-state index in [0.717, 1.165) is 25.0 Å². The van der Waals surface area contributed by atoms with Gasteiger partial charge in [-0.15, -0.1) is 0 Å². The van der Waals surface area contributed by atoms with Gasteiger partial charge in [-0.25, -0.2) is 9.18 Å². The third kappa shape index (κ3) is 3.32. The SMILES string of the molecule is CCOC(=O)C1CCCCN1C(=O)c1ccc(F)cc1O. The second-order valence-corrected chi connectivity index (χ2v) is 4.92. The van der Waals surface area contributed by atoms with Crippen molar-refractivity contribution in [3.05, 3.63) is 29.6 Å². The molecule has 1 fully saturated rings. The van der Waals surface area contributed by atoms with E-state index in [4.69, 9.17) is 4.74 Å². The molecule has 6 heteroatoms. The van der Waals surface area contributed by atoms with E-state index in [1.165, 1.54) is 11.0 Å². The summed E-state index contributed by atoms with van der Waals surface area (Å²) in [5, 5.41) is 9.72. The Bertz CT molecular complexity index is 546.